The van der Waals surface area contributed by atoms with E-state index in [9.17, 15) is 4.79 Å². The molecule has 1 amide bonds. The number of carbonyl (C=O) groups excluding carboxylic acids is 1. The lowest BCUT2D eigenvalue weighted by Crippen LogP contribution is -2.53. The Labute approximate surface area is 163 Å². The molecule has 0 bridgehead atoms. The first kappa shape index (κ1) is 18.2. The van der Waals surface area contributed by atoms with Crippen molar-refractivity contribution in [3.05, 3.63) is 60.2 Å². The summed E-state index contributed by atoms with van der Waals surface area (Å²) in [6, 6.07) is 13.5. The fraction of sp³-hybridized carbons (Fsp3) is 0.333. The number of hydrogen-bond acceptors (Lipinski definition) is 4. The third kappa shape index (κ3) is 3.88. The number of furan rings is 2. The number of guanidine groups is 1. The van der Waals surface area contributed by atoms with Crippen LogP contribution in [0.3, 0.4) is 0 Å². The lowest BCUT2D eigenvalue weighted by molar-refractivity contribution is 0.0657. The van der Waals surface area contributed by atoms with Crippen molar-refractivity contribution in [2.45, 2.75) is 6.42 Å². The van der Waals surface area contributed by atoms with E-state index in [0.29, 0.717) is 18.8 Å². The quantitative estimate of drug-likeness (QED) is 0.556. The number of nitrogens with zero attached hydrogens (tertiary/aromatic N) is 3. The smallest absolute Gasteiger partial charge is 0.289 e. The Kier molecular flexibility index (Phi) is 5.32. The highest BCUT2D eigenvalue weighted by Crippen LogP contribution is 2.18. The second-order valence-electron chi connectivity index (χ2n) is 6.73. The minimum absolute atomic E-state index is 0.0579. The van der Waals surface area contributed by atoms with Crippen molar-refractivity contribution < 1.29 is 13.6 Å². The molecule has 0 atom stereocenters. The Balaban J connectivity index is 1.27. The van der Waals surface area contributed by atoms with Gasteiger partial charge in [0.15, 0.2) is 11.7 Å². The first-order valence-corrected chi connectivity index (χ1v) is 9.50. The molecular weight excluding hydrogens is 356 g/mol. The minimum Gasteiger partial charge on any atom is -0.461 e. The van der Waals surface area contributed by atoms with Crippen LogP contribution in [-0.2, 0) is 6.42 Å². The van der Waals surface area contributed by atoms with Crippen LogP contribution in [-0.4, -0.2) is 61.4 Å². The van der Waals surface area contributed by atoms with Crippen LogP contribution >= 0.6 is 0 Å². The highest BCUT2D eigenvalue weighted by atomic mass is 16.3. The molecule has 1 N–H and O–H groups in total. The Bertz CT molecular complexity index is 920. The number of nitrogens with one attached hydrogen (secondary N) is 1. The summed E-state index contributed by atoms with van der Waals surface area (Å²) in [5.74, 6) is 2.14. The average molecular weight is 380 g/mol. The zero-order valence-electron chi connectivity index (χ0n) is 15.9. The summed E-state index contributed by atoms with van der Waals surface area (Å²) in [7, 11) is 1.78. The van der Waals surface area contributed by atoms with Gasteiger partial charge in [0.05, 0.1) is 6.26 Å². The van der Waals surface area contributed by atoms with Gasteiger partial charge in [0.1, 0.15) is 11.3 Å². The number of carbonyl (C=O) groups is 1. The van der Waals surface area contributed by atoms with Crippen LogP contribution in [0, 0.1) is 0 Å². The maximum absolute atomic E-state index is 12.4. The molecule has 3 heterocycles. The molecule has 0 saturated carbocycles. The van der Waals surface area contributed by atoms with E-state index in [4.69, 9.17) is 8.83 Å². The molecule has 1 aliphatic rings. The van der Waals surface area contributed by atoms with Gasteiger partial charge in [-0.05, 0) is 24.3 Å². The first-order chi connectivity index (χ1) is 13.7. The highest BCUT2D eigenvalue weighted by Gasteiger charge is 2.25. The standard InChI is InChI=1S/C21H24N4O3/c1-22-21(23-9-8-17-15-16-5-2-3-6-18(16)28-17)25-12-10-24(11-13-25)20(26)19-7-4-14-27-19/h2-7,14-15H,8-13H2,1H3,(H,22,23). The van der Waals surface area contributed by atoms with Crippen molar-refractivity contribution in [3.8, 4) is 0 Å². The molecule has 1 aliphatic heterocycles. The number of fused-ring (bicyclic) bond motifs is 1. The maximum atomic E-state index is 12.4. The van der Waals surface area contributed by atoms with Crippen LogP contribution in [0.25, 0.3) is 11.0 Å². The zero-order chi connectivity index (χ0) is 19.3. The number of piperazine rings is 1. The van der Waals surface area contributed by atoms with Crippen LogP contribution in [0.4, 0.5) is 0 Å². The van der Waals surface area contributed by atoms with E-state index in [1.165, 1.54) is 6.26 Å². The summed E-state index contributed by atoms with van der Waals surface area (Å²) in [6.45, 7) is 3.49. The second kappa shape index (κ2) is 8.21. The van der Waals surface area contributed by atoms with Gasteiger partial charge in [0.2, 0.25) is 0 Å². The van der Waals surface area contributed by atoms with Gasteiger partial charge in [-0.2, -0.15) is 0 Å². The summed E-state index contributed by atoms with van der Waals surface area (Å²) >= 11 is 0. The summed E-state index contributed by atoms with van der Waals surface area (Å²) in [5.41, 5.74) is 0.916. The van der Waals surface area contributed by atoms with Crippen molar-refractivity contribution in [3.63, 3.8) is 0 Å². The molecule has 1 aromatic carbocycles. The van der Waals surface area contributed by atoms with Crippen LogP contribution in [0.15, 0.2) is 62.6 Å². The van der Waals surface area contributed by atoms with E-state index < -0.39 is 0 Å². The molecule has 0 unspecified atom stereocenters. The SMILES string of the molecule is CN=C(NCCc1cc2ccccc2o1)N1CCN(C(=O)c2ccco2)CC1. The lowest BCUT2D eigenvalue weighted by Gasteiger charge is -2.36. The normalized spacial score (nSPS) is 15.2. The van der Waals surface area contributed by atoms with Gasteiger partial charge in [0.25, 0.3) is 5.91 Å². The molecule has 4 rings (SSSR count). The number of aliphatic imine (C=N–C) groups is 1. The summed E-state index contributed by atoms with van der Waals surface area (Å²) in [6.07, 6.45) is 2.31. The van der Waals surface area contributed by atoms with Gasteiger partial charge < -0.3 is 24.0 Å². The van der Waals surface area contributed by atoms with Gasteiger partial charge in [-0.15, -0.1) is 0 Å². The number of para-hydroxylation sites is 1. The molecule has 1 fully saturated rings. The number of hydrogen-bond donors (Lipinski definition) is 1. The molecule has 1 saturated heterocycles. The molecule has 7 nitrogen and oxygen atoms in total. The molecule has 0 spiro atoms. The molecule has 146 valence electrons. The number of rotatable bonds is 4. The van der Waals surface area contributed by atoms with Crippen LogP contribution in [0.2, 0.25) is 0 Å². The van der Waals surface area contributed by atoms with Crippen molar-refractivity contribution >= 4 is 22.8 Å². The van der Waals surface area contributed by atoms with Crippen LogP contribution < -0.4 is 5.32 Å². The molecular formula is C21H24N4O3. The van der Waals surface area contributed by atoms with Crippen molar-refractivity contribution in [2.75, 3.05) is 39.8 Å². The Morgan fingerprint density at radius 1 is 1.11 bits per heavy atom. The molecule has 2 aromatic heterocycles. The summed E-state index contributed by atoms with van der Waals surface area (Å²) in [4.78, 5) is 20.7. The highest BCUT2D eigenvalue weighted by molar-refractivity contribution is 5.91. The molecule has 28 heavy (non-hydrogen) atoms. The Hall–Kier alpha value is -3.22. The fourth-order valence-corrected chi connectivity index (χ4v) is 3.47. The number of amides is 1. The van der Waals surface area contributed by atoms with Crippen LogP contribution in [0.1, 0.15) is 16.3 Å². The third-order valence-corrected chi connectivity index (χ3v) is 4.94. The van der Waals surface area contributed by atoms with Crippen LogP contribution in [0.5, 0.6) is 0 Å². The van der Waals surface area contributed by atoms with Gasteiger partial charge in [-0.1, -0.05) is 18.2 Å². The molecule has 0 radical (unpaired) electrons. The van der Waals surface area contributed by atoms with Crippen molar-refractivity contribution in [2.24, 2.45) is 4.99 Å². The van der Waals surface area contributed by atoms with E-state index in [0.717, 1.165) is 48.7 Å². The molecule has 7 heteroatoms. The first-order valence-electron chi connectivity index (χ1n) is 9.50. The fourth-order valence-electron chi connectivity index (χ4n) is 3.47. The topological polar surface area (TPSA) is 74.2 Å². The monoisotopic (exact) mass is 380 g/mol. The van der Waals surface area contributed by atoms with E-state index in [-0.39, 0.29) is 5.91 Å². The Morgan fingerprint density at radius 3 is 2.61 bits per heavy atom. The molecule has 0 aliphatic carbocycles. The van der Waals surface area contributed by atoms with Gasteiger partial charge in [-0.3, -0.25) is 9.79 Å². The zero-order valence-corrected chi connectivity index (χ0v) is 15.9. The van der Waals surface area contributed by atoms with Crippen molar-refractivity contribution in [1.82, 2.24) is 15.1 Å². The molecule has 3 aromatic rings. The van der Waals surface area contributed by atoms with Gasteiger partial charge >= 0.3 is 0 Å². The van der Waals surface area contributed by atoms with E-state index in [1.54, 1.807) is 19.2 Å². The third-order valence-electron chi connectivity index (χ3n) is 4.94. The largest absolute Gasteiger partial charge is 0.461 e. The van der Waals surface area contributed by atoms with E-state index >= 15 is 0 Å². The Morgan fingerprint density at radius 2 is 1.89 bits per heavy atom. The summed E-state index contributed by atoms with van der Waals surface area (Å²) < 4.78 is 11.1. The number of benzene rings is 1. The van der Waals surface area contributed by atoms with E-state index in [1.807, 2.05) is 23.1 Å². The van der Waals surface area contributed by atoms with Gasteiger partial charge in [0, 0.05) is 51.6 Å². The second-order valence-corrected chi connectivity index (χ2v) is 6.73. The minimum atomic E-state index is -0.0579. The van der Waals surface area contributed by atoms with Gasteiger partial charge in [-0.25, -0.2) is 0 Å². The predicted octanol–water partition coefficient (Wildman–Crippen LogP) is 2.60. The summed E-state index contributed by atoms with van der Waals surface area (Å²) in [5, 5.41) is 4.52. The van der Waals surface area contributed by atoms with Crippen molar-refractivity contribution in [1.29, 1.82) is 0 Å². The average Bonchev–Trinajstić information content (AvgIpc) is 3.40. The lowest BCUT2D eigenvalue weighted by atomic mass is 10.2. The predicted molar refractivity (Wildman–Crippen MR) is 107 cm³/mol. The van der Waals surface area contributed by atoms with E-state index in [2.05, 4.69) is 27.3 Å². The maximum Gasteiger partial charge on any atom is 0.289 e.